The molecule has 0 radical (unpaired) electrons. The van der Waals surface area contributed by atoms with Crippen LogP contribution in [-0.2, 0) is 38.4 Å². The van der Waals surface area contributed by atoms with Crippen LogP contribution in [0.5, 0.6) is 0 Å². The molecule has 7 amide bonds. The Morgan fingerprint density at radius 1 is 0.596 bits per heavy atom. The molecule has 0 bridgehead atoms. The Labute approximate surface area is 304 Å². The topological polar surface area (TPSA) is 307 Å². The lowest BCUT2D eigenvalue weighted by atomic mass is 9.96. The average molecular weight is 745 g/mol. The number of hydrogen-bond donors (Lipinski definition) is 11. The molecule has 0 rings (SSSR count). The van der Waals surface area contributed by atoms with Crippen molar-refractivity contribution in [1.82, 2.24) is 37.2 Å². The molecule has 0 aromatic rings. The van der Waals surface area contributed by atoms with Crippen molar-refractivity contribution in [2.45, 2.75) is 118 Å². The van der Waals surface area contributed by atoms with Gasteiger partial charge in [0, 0.05) is 0 Å². The molecule has 0 saturated carbocycles. The Hall–Kier alpha value is -4.36. The summed E-state index contributed by atoms with van der Waals surface area (Å²) in [6.45, 7) is 12.9. The maximum absolute atomic E-state index is 13.5. The Balaban J connectivity index is 5.84. The van der Waals surface area contributed by atoms with Crippen molar-refractivity contribution in [1.29, 1.82) is 0 Å². The third-order valence-electron chi connectivity index (χ3n) is 8.13. The van der Waals surface area contributed by atoms with Crippen LogP contribution in [0.15, 0.2) is 0 Å². The van der Waals surface area contributed by atoms with Crippen LogP contribution in [0.3, 0.4) is 0 Å². The Bertz CT molecular complexity index is 1240. The minimum absolute atomic E-state index is 0.0500. The molecule has 0 unspecified atom stereocenters. The molecule has 19 nitrogen and oxygen atoms in total. The number of carbonyl (C=O) groups excluding carboxylic acids is 7. The minimum Gasteiger partial charge on any atom is -0.480 e. The predicted molar refractivity (Wildman–Crippen MR) is 189 cm³/mol. The lowest BCUT2D eigenvalue weighted by Crippen LogP contribution is -2.63. The maximum atomic E-state index is 13.5. The first-order valence-corrected chi connectivity index (χ1v) is 17.4. The normalized spacial score (nSPS) is 15.9. The number of nitrogens with two attached hydrogens (primary N) is 1. The van der Waals surface area contributed by atoms with Gasteiger partial charge in [-0.15, -0.1) is 0 Å². The largest absolute Gasteiger partial charge is 0.480 e. The van der Waals surface area contributed by atoms with E-state index in [0.717, 1.165) is 0 Å². The molecule has 298 valence electrons. The third-order valence-corrected chi connectivity index (χ3v) is 8.13. The molecule has 0 aliphatic heterocycles. The molecule has 12 N–H and O–H groups in total. The van der Waals surface area contributed by atoms with Crippen molar-refractivity contribution in [2.24, 2.45) is 29.4 Å². The quantitative estimate of drug-likeness (QED) is 0.0494. The second kappa shape index (κ2) is 23.3. The smallest absolute Gasteiger partial charge is 0.326 e. The molecule has 0 saturated heterocycles. The van der Waals surface area contributed by atoms with E-state index in [0.29, 0.717) is 6.42 Å². The van der Waals surface area contributed by atoms with E-state index in [1.54, 1.807) is 55.4 Å². The van der Waals surface area contributed by atoms with Gasteiger partial charge in [0.15, 0.2) is 0 Å². The van der Waals surface area contributed by atoms with Crippen LogP contribution in [0.4, 0.5) is 0 Å². The van der Waals surface area contributed by atoms with Gasteiger partial charge in [0.05, 0.1) is 25.8 Å². The number of carboxylic acid groups (broad SMARTS) is 1. The molecule has 0 aliphatic carbocycles. The number of nitrogens with one attached hydrogen (secondary N) is 7. The summed E-state index contributed by atoms with van der Waals surface area (Å²) < 4.78 is 0. The molecular weight excluding hydrogens is 684 g/mol. The maximum Gasteiger partial charge on any atom is 0.326 e. The van der Waals surface area contributed by atoms with Gasteiger partial charge in [-0.25, -0.2) is 4.79 Å². The molecule has 0 aromatic carbocycles. The van der Waals surface area contributed by atoms with Gasteiger partial charge >= 0.3 is 5.97 Å². The van der Waals surface area contributed by atoms with E-state index >= 15 is 0 Å². The van der Waals surface area contributed by atoms with Gasteiger partial charge in [-0.2, -0.15) is 0 Å². The van der Waals surface area contributed by atoms with Gasteiger partial charge < -0.3 is 58.3 Å². The lowest BCUT2D eigenvalue weighted by molar-refractivity contribution is -0.143. The molecule has 19 heteroatoms. The number of rotatable bonds is 23. The fourth-order valence-electron chi connectivity index (χ4n) is 4.82. The van der Waals surface area contributed by atoms with Crippen LogP contribution >= 0.6 is 0 Å². The number of hydrogen-bond acceptors (Lipinski definition) is 11. The van der Waals surface area contributed by atoms with Crippen molar-refractivity contribution >= 4 is 47.3 Å². The zero-order valence-electron chi connectivity index (χ0n) is 31.6. The molecule has 8 atom stereocenters. The Kier molecular flexibility index (Phi) is 21.3. The van der Waals surface area contributed by atoms with Crippen molar-refractivity contribution in [3.8, 4) is 0 Å². The van der Waals surface area contributed by atoms with E-state index in [1.807, 2.05) is 0 Å². The minimum atomic E-state index is -1.59. The van der Waals surface area contributed by atoms with Crippen molar-refractivity contribution in [3.63, 3.8) is 0 Å². The third kappa shape index (κ3) is 16.3. The molecular formula is C33H60N8O11. The standard InChI is InChI=1S/C33H60N8O11/c1-10-18(8)26(31(49)37-20(33(51)52)11-15(2)3)40-32(50)27(19(9)43)41-30(48)25(17(6)7)39-29(47)24(16(4)5)38-23(45)13-35-28(46)21(14-42)36-22(44)12-34/h15-21,24-27,42-43H,10-14,34H2,1-9H3,(H,35,46)(H,36,44)(H,37,49)(H,38,45)(H,39,47)(H,40,50)(H,41,48)(H,51,52)/t18-,19+,20-,21-,24-,25-,26-,27-/m0/s1. The number of aliphatic hydroxyl groups is 2. The summed E-state index contributed by atoms with van der Waals surface area (Å²) >= 11 is 0. The van der Waals surface area contributed by atoms with Gasteiger partial charge in [-0.05, 0) is 37.0 Å². The van der Waals surface area contributed by atoms with Gasteiger partial charge in [-0.3, -0.25) is 33.6 Å². The van der Waals surface area contributed by atoms with Crippen LogP contribution < -0.4 is 43.0 Å². The second-order valence-corrected chi connectivity index (χ2v) is 13.9. The first-order valence-electron chi connectivity index (χ1n) is 17.4. The van der Waals surface area contributed by atoms with Crippen LogP contribution in [0.25, 0.3) is 0 Å². The van der Waals surface area contributed by atoms with E-state index in [1.165, 1.54) is 6.92 Å². The van der Waals surface area contributed by atoms with E-state index < -0.39 is 127 Å². The lowest BCUT2D eigenvalue weighted by Gasteiger charge is -2.31. The zero-order chi connectivity index (χ0) is 40.5. The summed E-state index contributed by atoms with van der Waals surface area (Å²) in [6, 6.07) is -7.81. The highest BCUT2D eigenvalue weighted by Crippen LogP contribution is 2.12. The van der Waals surface area contributed by atoms with Gasteiger partial charge in [0.1, 0.15) is 36.3 Å². The van der Waals surface area contributed by atoms with Gasteiger partial charge in [-0.1, -0.05) is 61.8 Å². The summed E-state index contributed by atoms with van der Waals surface area (Å²) in [5, 5.41) is 46.4. The number of aliphatic carboxylic acids is 1. The van der Waals surface area contributed by atoms with Crippen molar-refractivity contribution < 1.29 is 53.7 Å². The zero-order valence-corrected chi connectivity index (χ0v) is 31.6. The molecule has 0 spiro atoms. The van der Waals surface area contributed by atoms with Crippen molar-refractivity contribution in [3.05, 3.63) is 0 Å². The van der Waals surface area contributed by atoms with Crippen LogP contribution in [0, 0.1) is 23.7 Å². The van der Waals surface area contributed by atoms with E-state index in [4.69, 9.17) is 5.73 Å². The fraction of sp³-hybridized carbons (Fsp3) is 0.758. The van der Waals surface area contributed by atoms with E-state index in [2.05, 4.69) is 37.2 Å². The highest BCUT2D eigenvalue weighted by molar-refractivity contribution is 5.97. The van der Waals surface area contributed by atoms with Crippen LogP contribution in [0.1, 0.15) is 75.2 Å². The number of carboxylic acids is 1. The molecule has 0 fully saturated rings. The van der Waals surface area contributed by atoms with Gasteiger partial charge in [0.25, 0.3) is 0 Å². The van der Waals surface area contributed by atoms with E-state index in [9.17, 15) is 53.7 Å². The van der Waals surface area contributed by atoms with Crippen LogP contribution in [0.2, 0.25) is 0 Å². The fourth-order valence-corrected chi connectivity index (χ4v) is 4.82. The Morgan fingerprint density at radius 2 is 1.06 bits per heavy atom. The number of amides is 7. The number of aliphatic hydroxyl groups excluding tert-OH is 2. The molecule has 0 aromatic heterocycles. The number of carbonyl (C=O) groups is 8. The summed E-state index contributed by atoms with van der Waals surface area (Å²) in [5.74, 6) is -8.47. The summed E-state index contributed by atoms with van der Waals surface area (Å²) in [5.41, 5.74) is 5.19. The summed E-state index contributed by atoms with van der Waals surface area (Å²) in [4.78, 5) is 102. The first kappa shape index (κ1) is 47.6. The Morgan fingerprint density at radius 3 is 1.48 bits per heavy atom. The SMILES string of the molecule is CC[C@H](C)[C@H](NC(=O)[C@@H](NC(=O)[C@@H](NC(=O)[C@@H](NC(=O)CNC(=O)[C@H](CO)NC(=O)CN)C(C)C)C(C)C)[C@@H](C)O)C(=O)N[C@@H](CC(C)C)C(=O)O. The molecule has 0 aliphatic rings. The molecule has 52 heavy (non-hydrogen) atoms. The molecule has 0 heterocycles. The van der Waals surface area contributed by atoms with E-state index in [-0.39, 0.29) is 12.3 Å². The van der Waals surface area contributed by atoms with Crippen LogP contribution in [-0.4, -0.2) is 125 Å². The average Bonchev–Trinajstić information content (AvgIpc) is 3.06. The highest BCUT2D eigenvalue weighted by atomic mass is 16.4. The second-order valence-electron chi connectivity index (χ2n) is 13.9. The summed E-state index contributed by atoms with van der Waals surface area (Å²) in [7, 11) is 0. The predicted octanol–water partition coefficient (Wildman–Crippen LogP) is -3.17. The summed E-state index contributed by atoms with van der Waals surface area (Å²) in [6.07, 6.45) is -0.896. The van der Waals surface area contributed by atoms with Gasteiger partial charge in [0.2, 0.25) is 41.4 Å². The monoisotopic (exact) mass is 744 g/mol. The first-order chi connectivity index (χ1) is 24.1. The highest BCUT2D eigenvalue weighted by Gasteiger charge is 2.37. The van der Waals surface area contributed by atoms with Crippen molar-refractivity contribution in [2.75, 3.05) is 19.7 Å².